The lowest BCUT2D eigenvalue weighted by molar-refractivity contribution is -0.139. The summed E-state index contributed by atoms with van der Waals surface area (Å²) >= 11 is 0. The Morgan fingerprint density at radius 3 is 1.31 bits per heavy atom. The number of likely N-dealkylation sites (tertiary alicyclic amines) is 3. The van der Waals surface area contributed by atoms with Gasteiger partial charge in [-0.25, -0.2) is 39.3 Å². The van der Waals surface area contributed by atoms with E-state index in [9.17, 15) is 22.8 Å². The van der Waals surface area contributed by atoms with Crippen LogP contribution in [-0.2, 0) is 28.7 Å². The van der Waals surface area contributed by atoms with Gasteiger partial charge < -0.3 is 46.1 Å². The standard InChI is InChI=1S/C30H30N6O2.C25H24N6O2.C17H13N5O.C14H21NO4S/c31-28-26-27(20-10-12-24(13-11-20)38-23-6-2-1-3-7-23)34-36(29(26)33-18-32-28)22-5-4-14-35(17-22)30(37)25-16-19-8-9-21(25)15-19;1-2-21(32)30-14-6-7-18(15-30)31-25-22(24(26)27-16-28-25)23(29-31)17-10-12-20(13-11-17)33-19-8-4-3-5-9-19;18-16-14-15(21-22-17(14)20-10-19-16)11-6-8-13(9-7-11)23-12-4-2-1-3-5-12;1-20(17,18)19-12-3-2-6-15(9-12)14(16)13-8-10-4-5-11(13)7-10/h1-3,6-13,18-19,21-22,25H,4-5,14-17H2,(H2,31,32,33);2-5,8-13,16,18H,1,6-7,14-15H2,(H2,26,27,28);1-10H,(H3,18,19,20,21,22);4-5,10-13H,2-3,6-9H2,1H3/t19?,21?,22-,25?;18-;;10?,11?,12-,13?/m11.0/s1. The van der Waals surface area contributed by atoms with Crippen LogP contribution in [0.2, 0.25) is 0 Å². The van der Waals surface area contributed by atoms with Gasteiger partial charge in [0, 0.05) is 67.8 Å². The largest absolute Gasteiger partial charge is 0.457 e. The first-order valence-electron chi connectivity index (χ1n) is 38.7. The second-order valence-electron chi connectivity index (χ2n) is 29.9. The summed E-state index contributed by atoms with van der Waals surface area (Å²) in [7, 11) is -3.45. The molecule has 6 aromatic heterocycles. The molecule has 582 valence electrons. The maximum atomic E-state index is 13.5. The van der Waals surface area contributed by atoms with Gasteiger partial charge in [0.1, 0.15) is 82.3 Å². The Hall–Kier alpha value is -12.7. The molecule has 9 atom stereocenters. The SMILES string of the molecule is C=CC(=O)N1CCC[C@@H](n2nc(-c3ccc(Oc4ccccc4)cc3)c3c(N)ncnc32)C1.CS(=O)(=O)O[C@H]1CCCN(C(=O)C2CC3C=CC2C3)C1.Nc1ncnc2c1c(-c1ccc(Oc3ccccc3)cc1)nn2[C@@H]1CCCN(C(=O)C2CC3C=CC2C3)C1.Nc1ncnc2n[nH]c(-c3ccc(Oc4ccccc4)cc3)c12. The number of carbonyl (C=O) groups is 3. The molecule has 5 fully saturated rings. The van der Waals surface area contributed by atoms with Crippen molar-refractivity contribution >= 4 is 78.4 Å². The fourth-order valence-corrected chi connectivity index (χ4v) is 17.5. The number of aromatic nitrogens is 12. The highest BCUT2D eigenvalue weighted by molar-refractivity contribution is 7.86. The number of benzene rings is 6. The minimum atomic E-state index is -3.45. The molecule has 3 amide bonds. The van der Waals surface area contributed by atoms with E-state index >= 15 is 0 Å². The second kappa shape index (κ2) is 33.3. The summed E-state index contributed by atoms with van der Waals surface area (Å²) < 4.78 is 49.0. The van der Waals surface area contributed by atoms with Gasteiger partial charge in [-0.1, -0.05) is 85.5 Å². The van der Waals surface area contributed by atoms with Crippen molar-refractivity contribution in [2.24, 2.45) is 35.5 Å². The van der Waals surface area contributed by atoms with Gasteiger partial charge in [-0.3, -0.25) is 23.7 Å². The third-order valence-electron chi connectivity index (χ3n) is 22.2. The lowest BCUT2D eigenvalue weighted by atomic mass is 9.91. The number of nitrogens with one attached hydrogen (secondary N) is 1. The van der Waals surface area contributed by atoms with Crippen LogP contribution in [0, 0.1) is 35.5 Å². The highest BCUT2D eigenvalue weighted by Gasteiger charge is 2.44. The molecule has 2 saturated carbocycles. The Bertz CT molecular complexity index is 5630. The Kier molecular flexibility index (Phi) is 22.0. The summed E-state index contributed by atoms with van der Waals surface area (Å²) in [5.41, 5.74) is 25.5. The smallest absolute Gasteiger partial charge is 0.264 e. The van der Waals surface area contributed by atoms with Crippen molar-refractivity contribution in [3.63, 3.8) is 0 Å². The minimum absolute atomic E-state index is 0.00566. The fraction of sp³-hybridized carbons (Fsp3) is 0.302. The number of hydrogen-bond donors (Lipinski definition) is 4. The molecule has 7 aliphatic rings. The van der Waals surface area contributed by atoms with E-state index in [4.69, 9.17) is 45.8 Å². The third kappa shape index (κ3) is 16.8. The van der Waals surface area contributed by atoms with Crippen molar-refractivity contribution in [3.8, 4) is 68.3 Å². The number of anilines is 3. The summed E-state index contributed by atoms with van der Waals surface area (Å²) in [6.45, 7) is 7.45. The molecular formula is C86H88N18O9S. The van der Waals surface area contributed by atoms with E-state index in [1.54, 1.807) is 9.80 Å². The van der Waals surface area contributed by atoms with Crippen LogP contribution in [0.15, 0.2) is 220 Å². The van der Waals surface area contributed by atoms with E-state index in [-0.39, 0.29) is 41.8 Å². The molecule has 27 nitrogen and oxygen atoms in total. The molecule has 28 heteroatoms. The predicted octanol–water partition coefficient (Wildman–Crippen LogP) is 14.0. The molecule has 6 aromatic carbocycles. The average Bonchev–Trinajstić information content (AvgIpc) is 1.61. The number of piperidine rings is 3. The first-order valence-corrected chi connectivity index (χ1v) is 40.5. The predicted molar refractivity (Wildman–Crippen MR) is 435 cm³/mol. The molecule has 114 heavy (non-hydrogen) atoms. The molecule has 19 rings (SSSR count). The normalized spacial score (nSPS) is 21.3. The van der Waals surface area contributed by atoms with Crippen LogP contribution < -0.4 is 31.4 Å². The van der Waals surface area contributed by atoms with E-state index in [2.05, 4.69) is 75.9 Å². The first kappa shape index (κ1) is 75.4. The van der Waals surface area contributed by atoms with E-state index in [0.29, 0.717) is 108 Å². The maximum Gasteiger partial charge on any atom is 0.264 e. The number of para-hydroxylation sites is 3. The zero-order chi connectivity index (χ0) is 78.4. The quantitative estimate of drug-likeness (QED) is 0.0396. The maximum absolute atomic E-state index is 13.5. The van der Waals surface area contributed by atoms with Crippen LogP contribution in [0.3, 0.4) is 0 Å². The fourth-order valence-electron chi connectivity index (χ4n) is 16.8. The molecule has 3 saturated heterocycles. The van der Waals surface area contributed by atoms with Gasteiger partial charge in [0.25, 0.3) is 10.1 Å². The summed E-state index contributed by atoms with van der Waals surface area (Å²) in [6, 6.07) is 52.2. The Morgan fingerprint density at radius 1 is 0.474 bits per heavy atom. The van der Waals surface area contributed by atoms with E-state index < -0.39 is 10.1 Å². The van der Waals surface area contributed by atoms with Crippen molar-refractivity contribution in [2.45, 2.75) is 82.4 Å². The molecule has 7 N–H and O–H groups in total. The van der Waals surface area contributed by atoms with E-state index in [1.807, 2.05) is 173 Å². The van der Waals surface area contributed by atoms with Gasteiger partial charge in [0.15, 0.2) is 16.9 Å². The first-order chi connectivity index (χ1) is 55.5. The van der Waals surface area contributed by atoms with Gasteiger partial charge in [-0.15, -0.1) is 0 Å². The molecule has 9 heterocycles. The van der Waals surface area contributed by atoms with Crippen LogP contribution in [0.25, 0.3) is 66.9 Å². The Morgan fingerprint density at radius 2 is 0.877 bits per heavy atom. The lowest BCUT2D eigenvalue weighted by Crippen LogP contribution is -2.46. The number of amides is 3. The number of nitrogens with zero attached hydrogens (tertiary/aromatic N) is 14. The van der Waals surface area contributed by atoms with Crippen LogP contribution in [0.1, 0.15) is 76.3 Å². The van der Waals surface area contributed by atoms with Crippen molar-refractivity contribution in [3.05, 3.63) is 220 Å². The van der Waals surface area contributed by atoms with Crippen LogP contribution in [0.4, 0.5) is 17.5 Å². The van der Waals surface area contributed by atoms with E-state index in [0.717, 1.165) is 150 Å². The van der Waals surface area contributed by atoms with Gasteiger partial charge in [0.05, 0.1) is 46.3 Å². The van der Waals surface area contributed by atoms with Gasteiger partial charge in [-0.2, -0.15) is 23.7 Å². The number of H-pyrrole nitrogens is 1. The number of fused-ring (bicyclic) bond motifs is 7. The molecular weight excluding hydrogens is 1460 g/mol. The third-order valence-corrected chi connectivity index (χ3v) is 22.8. The topological polar surface area (TPSA) is 352 Å². The van der Waals surface area contributed by atoms with E-state index in [1.165, 1.54) is 25.1 Å². The molecule has 0 spiro atoms. The van der Waals surface area contributed by atoms with Crippen molar-refractivity contribution < 1.29 is 41.2 Å². The van der Waals surface area contributed by atoms with Crippen LogP contribution in [-0.4, -0.2) is 152 Å². The van der Waals surface area contributed by atoms with Gasteiger partial charge >= 0.3 is 0 Å². The lowest BCUT2D eigenvalue weighted by Gasteiger charge is -2.35. The molecule has 12 aromatic rings. The second-order valence-corrected chi connectivity index (χ2v) is 31.5. The monoisotopic (exact) mass is 1550 g/mol. The summed E-state index contributed by atoms with van der Waals surface area (Å²) in [5, 5.41) is 19.2. The number of rotatable bonds is 16. The summed E-state index contributed by atoms with van der Waals surface area (Å²) in [5.74, 6) is 8.35. The molecule has 4 aliphatic carbocycles. The van der Waals surface area contributed by atoms with Gasteiger partial charge in [0.2, 0.25) is 17.7 Å². The number of allylic oxidation sites excluding steroid dienone is 4. The van der Waals surface area contributed by atoms with Crippen molar-refractivity contribution in [1.29, 1.82) is 0 Å². The highest BCUT2D eigenvalue weighted by Crippen LogP contribution is 2.47. The zero-order valence-corrected chi connectivity index (χ0v) is 63.8. The number of carbonyl (C=O) groups excluding carboxylic acids is 3. The summed E-state index contributed by atoms with van der Waals surface area (Å²) in [4.78, 5) is 69.6. The number of ether oxygens (including phenoxy) is 3. The van der Waals surface area contributed by atoms with Crippen molar-refractivity contribution in [1.82, 2.24) is 74.4 Å². The number of nitrogens with two attached hydrogens (primary N) is 3. The van der Waals surface area contributed by atoms with Gasteiger partial charge in [-0.05, 0) is 203 Å². The molecule has 6 unspecified atom stereocenters. The van der Waals surface area contributed by atoms with Crippen molar-refractivity contribution in [2.75, 3.05) is 62.7 Å². The van der Waals surface area contributed by atoms with Crippen LogP contribution in [0.5, 0.6) is 34.5 Å². The summed E-state index contributed by atoms with van der Waals surface area (Å²) in [6.07, 6.45) is 24.7. The minimum Gasteiger partial charge on any atom is -0.457 e. The Labute approximate surface area is 659 Å². The molecule has 0 radical (unpaired) electrons. The zero-order valence-electron chi connectivity index (χ0n) is 63.0. The average molecular weight is 1550 g/mol. The molecule has 3 aliphatic heterocycles. The Balaban J connectivity index is 0.000000118. The van der Waals surface area contributed by atoms with Crippen LogP contribution >= 0.6 is 0 Å². The highest BCUT2D eigenvalue weighted by atomic mass is 32.2. The number of nitrogen functional groups attached to an aromatic ring is 3. The number of aromatic amines is 1. The molecule has 4 bridgehead atoms. The number of hydrogen-bond acceptors (Lipinski definition) is 21.